The highest BCUT2D eigenvalue weighted by molar-refractivity contribution is 7.88. The zero-order valence-corrected chi connectivity index (χ0v) is 13.1. The molecule has 3 rings (SSSR count). The van der Waals surface area contributed by atoms with E-state index in [-0.39, 0.29) is 11.9 Å². The Hall–Kier alpha value is -1.73. The third-order valence-corrected chi connectivity index (χ3v) is 5.23. The van der Waals surface area contributed by atoms with Crippen LogP contribution in [0.4, 0.5) is 10.2 Å². The van der Waals surface area contributed by atoms with Gasteiger partial charge in [0.15, 0.2) is 0 Å². The molecule has 1 aliphatic heterocycles. The van der Waals surface area contributed by atoms with Crippen molar-refractivity contribution >= 4 is 26.7 Å². The summed E-state index contributed by atoms with van der Waals surface area (Å²) in [6.07, 6.45) is 2.70. The zero-order chi connectivity index (χ0) is 15.7. The summed E-state index contributed by atoms with van der Waals surface area (Å²) >= 11 is 0. The molecule has 22 heavy (non-hydrogen) atoms. The second-order valence-electron chi connectivity index (χ2n) is 5.61. The van der Waals surface area contributed by atoms with E-state index in [1.807, 2.05) is 12.1 Å². The van der Waals surface area contributed by atoms with Gasteiger partial charge in [-0.25, -0.2) is 22.1 Å². The number of hydrogen-bond donors (Lipinski definition) is 1. The highest BCUT2D eigenvalue weighted by atomic mass is 32.2. The lowest BCUT2D eigenvalue weighted by molar-refractivity contribution is 0.331. The molecule has 5 nitrogen and oxygen atoms in total. The third-order valence-electron chi connectivity index (χ3n) is 3.93. The van der Waals surface area contributed by atoms with E-state index < -0.39 is 10.0 Å². The average Bonchev–Trinajstić information content (AvgIpc) is 2.46. The predicted octanol–water partition coefficient (Wildman–Crippen LogP) is 2.21. The van der Waals surface area contributed by atoms with Gasteiger partial charge in [-0.05, 0) is 37.1 Å². The van der Waals surface area contributed by atoms with Crippen LogP contribution in [0.2, 0.25) is 0 Å². The van der Waals surface area contributed by atoms with E-state index in [4.69, 9.17) is 0 Å². The molecule has 7 heteroatoms. The van der Waals surface area contributed by atoms with Crippen molar-refractivity contribution < 1.29 is 12.8 Å². The largest absolute Gasteiger partial charge is 0.367 e. The number of piperidine rings is 1. The number of benzene rings is 1. The summed E-state index contributed by atoms with van der Waals surface area (Å²) in [4.78, 5) is 4.41. The molecule has 0 aliphatic carbocycles. The number of rotatable bonds is 3. The number of fused-ring (bicyclic) bond motifs is 1. The molecule has 1 aliphatic rings. The molecule has 2 aromatic rings. The van der Waals surface area contributed by atoms with Crippen LogP contribution in [0.5, 0.6) is 0 Å². The van der Waals surface area contributed by atoms with Crippen LogP contribution >= 0.6 is 0 Å². The Kier molecular flexibility index (Phi) is 4.01. The van der Waals surface area contributed by atoms with Gasteiger partial charge in [0.2, 0.25) is 10.0 Å². The average molecular weight is 323 g/mol. The molecular weight excluding hydrogens is 305 g/mol. The number of hydrogen-bond acceptors (Lipinski definition) is 4. The highest BCUT2D eigenvalue weighted by Crippen LogP contribution is 2.20. The summed E-state index contributed by atoms with van der Waals surface area (Å²) in [6, 6.07) is 8.46. The van der Waals surface area contributed by atoms with Crippen LogP contribution in [-0.4, -0.2) is 43.1 Å². The first-order chi connectivity index (χ1) is 10.4. The van der Waals surface area contributed by atoms with Crippen molar-refractivity contribution in [3.05, 3.63) is 36.1 Å². The SMILES string of the molecule is CS(=O)(=O)N1CCC(Nc2ccc3ccc(F)cc3n2)CC1. The molecule has 0 radical (unpaired) electrons. The van der Waals surface area contributed by atoms with Crippen LogP contribution in [-0.2, 0) is 10.0 Å². The first kappa shape index (κ1) is 15.2. The molecule has 0 unspecified atom stereocenters. The minimum absolute atomic E-state index is 0.177. The van der Waals surface area contributed by atoms with Gasteiger partial charge in [0.1, 0.15) is 11.6 Å². The van der Waals surface area contributed by atoms with Crippen molar-refractivity contribution in [1.82, 2.24) is 9.29 Å². The molecule has 1 saturated heterocycles. The standard InChI is InChI=1S/C15H18FN3O2S/c1-22(20,21)19-8-6-13(7-9-19)17-15-5-3-11-2-4-12(16)10-14(11)18-15/h2-5,10,13H,6-9H2,1H3,(H,17,18). The van der Waals surface area contributed by atoms with Gasteiger partial charge in [0.05, 0.1) is 11.8 Å². The third kappa shape index (κ3) is 3.36. The van der Waals surface area contributed by atoms with Gasteiger partial charge in [0, 0.05) is 30.6 Å². The van der Waals surface area contributed by atoms with E-state index in [2.05, 4.69) is 10.3 Å². The van der Waals surface area contributed by atoms with Gasteiger partial charge >= 0.3 is 0 Å². The maximum atomic E-state index is 13.3. The molecule has 0 amide bonds. The molecule has 0 bridgehead atoms. The van der Waals surface area contributed by atoms with E-state index >= 15 is 0 Å². The van der Waals surface area contributed by atoms with E-state index in [0.29, 0.717) is 24.4 Å². The Morgan fingerprint density at radius 2 is 1.91 bits per heavy atom. The number of nitrogens with zero attached hydrogens (tertiary/aromatic N) is 2. The van der Waals surface area contributed by atoms with Gasteiger partial charge < -0.3 is 5.32 Å². The summed E-state index contributed by atoms with van der Waals surface area (Å²) in [5.74, 6) is 0.384. The van der Waals surface area contributed by atoms with Crippen molar-refractivity contribution in [2.75, 3.05) is 24.7 Å². The normalized spacial score (nSPS) is 17.7. The molecule has 1 fully saturated rings. The summed E-state index contributed by atoms with van der Waals surface area (Å²) in [7, 11) is -3.11. The fourth-order valence-corrected chi connectivity index (χ4v) is 3.59. The van der Waals surface area contributed by atoms with Crippen LogP contribution in [0, 0.1) is 5.82 Å². The Labute approximate surface area is 129 Å². The van der Waals surface area contributed by atoms with Crippen LogP contribution < -0.4 is 5.32 Å². The zero-order valence-electron chi connectivity index (χ0n) is 12.3. The van der Waals surface area contributed by atoms with Crippen LogP contribution in [0.1, 0.15) is 12.8 Å². The Morgan fingerprint density at radius 3 is 2.59 bits per heavy atom. The van der Waals surface area contributed by atoms with E-state index in [9.17, 15) is 12.8 Å². The number of anilines is 1. The molecular formula is C15H18FN3O2S. The van der Waals surface area contributed by atoms with Crippen molar-refractivity contribution in [3.8, 4) is 0 Å². The van der Waals surface area contributed by atoms with E-state index in [0.717, 1.165) is 18.2 Å². The lowest BCUT2D eigenvalue weighted by Crippen LogP contribution is -2.41. The fourth-order valence-electron chi connectivity index (χ4n) is 2.71. The number of nitrogens with one attached hydrogen (secondary N) is 1. The molecule has 1 aromatic carbocycles. The van der Waals surface area contributed by atoms with Crippen molar-refractivity contribution in [3.63, 3.8) is 0 Å². The molecule has 0 saturated carbocycles. The second-order valence-corrected chi connectivity index (χ2v) is 7.60. The molecule has 0 spiro atoms. The molecule has 2 heterocycles. The summed E-state index contributed by atoms with van der Waals surface area (Å²) in [5.41, 5.74) is 0.610. The van der Waals surface area contributed by atoms with Crippen LogP contribution in [0.3, 0.4) is 0 Å². The molecule has 0 atom stereocenters. The van der Waals surface area contributed by atoms with Gasteiger partial charge in [-0.3, -0.25) is 0 Å². The lowest BCUT2D eigenvalue weighted by atomic mass is 10.1. The molecule has 1 N–H and O–H groups in total. The van der Waals surface area contributed by atoms with Crippen LogP contribution in [0.15, 0.2) is 30.3 Å². The first-order valence-electron chi connectivity index (χ1n) is 7.20. The summed E-state index contributed by atoms with van der Waals surface area (Å²) < 4.78 is 37.7. The number of pyridine rings is 1. The number of halogens is 1. The quantitative estimate of drug-likeness (QED) is 0.941. The van der Waals surface area contributed by atoms with E-state index in [1.165, 1.54) is 22.7 Å². The van der Waals surface area contributed by atoms with Gasteiger partial charge in [-0.1, -0.05) is 0 Å². The molecule has 1 aromatic heterocycles. The Bertz CT molecular complexity index is 786. The van der Waals surface area contributed by atoms with Crippen molar-refractivity contribution in [2.24, 2.45) is 0 Å². The van der Waals surface area contributed by atoms with Crippen molar-refractivity contribution in [1.29, 1.82) is 0 Å². The lowest BCUT2D eigenvalue weighted by Gasteiger charge is -2.30. The van der Waals surface area contributed by atoms with Gasteiger partial charge in [-0.2, -0.15) is 0 Å². The Morgan fingerprint density at radius 1 is 1.23 bits per heavy atom. The summed E-state index contributed by atoms with van der Waals surface area (Å²) in [6.45, 7) is 1.03. The second kappa shape index (κ2) is 5.81. The monoisotopic (exact) mass is 323 g/mol. The van der Waals surface area contributed by atoms with Gasteiger partial charge in [-0.15, -0.1) is 0 Å². The predicted molar refractivity (Wildman–Crippen MR) is 84.8 cm³/mol. The number of sulfonamides is 1. The summed E-state index contributed by atoms with van der Waals surface area (Å²) in [5, 5.41) is 4.20. The van der Waals surface area contributed by atoms with Crippen LogP contribution in [0.25, 0.3) is 10.9 Å². The maximum Gasteiger partial charge on any atom is 0.211 e. The van der Waals surface area contributed by atoms with Crippen molar-refractivity contribution in [2.45, 2.75) is 18.9 Å². The van der Waals surface area contributed by atoms with E-state index in [1.54, 1.807) is 6.07 Å². The first-order valence-corrected chi connectivity index (χ1v) is 9.05. The minimum Gasteiger partial charge on any atom is -0.367 e. The van der Waals surface area contributed by atoms with Gasteiger partial charge in [0.25, 0.3) is 0 Å². The topological polar surface area (TPSA) is 62.3 Å². The maximum absolute atomic E-state index is 13.3. The fraction of sp³-hybridized carbons (Fsp3) is 0.400. The minimum atomic E-state index is -3.11. The number of aromatic nitrogens is 1. The Balaban J connectivity index is 1.69. The molecule has 118 valence electrons. The smallest absolute Gasteiger partial charge is 0.211 e. The highest BCUT2D eigenvalue weighted by Gasteiger charge is 2.24.